The first-order chi connectivity index (χ1) is 13.4. The maximum absolute atomic E-state index is 12.3. The van der Waals surface area contributed by atoms with Crippen molar-refractivity contribution in [1.82, 2.24) is 14.7 Å². The second-order valence-electron chi connectivity index (χ2n) is 5.96. The van der Waals surface area contributed by atoms with Gasteiger partial charge >= 0.3 is 11.9 Å². The quantitative estimate of drug-likeness (QED) is 0.590. The number of fused-ring (bicyclic) bond motifs is 1. The number of amides is 1. The Morgan fingerprint density at radius 1 is 1.18 bits per heavy atom. The molecule has 2 heterocycles. The molecule has 0 saturated carbocycles. The number of carboxylic acid groups (broad SMARTS) is 2. The van der Waals surface area contributed by atoms with E-state index < -0.39 is 30.3 Å². The van der Waals surface area contributed by atoms with Gasteiger partial charge in [-0.15, -0.1) is 0 Å². The molecule has 0 aliphatic heterocycles. The lowest BCUT2D eigenvalue weighted by molar-refractivity contribution is -0.145. The summed E-state index contributed by atoms with van der Waals surface area (Å²) >= 11 is 0. The van der Waals surface area contributed by atoms with Gasteiger partial charge < -0.3 is 19.9 Å². The Morgan fingerprint density at radius 2 is 1.89 bits per heavy atom. The molecule has 0 fully saturated rings. The lowest BCUT2D eigenvalue weighted by Crippen LogP contribution is -2.42. The lowest BCUT2D eigenvalue weighted by Gasteiger charge is -2.12. The van der Waals surface area contributed by atoms with Gasteiger partial charge in [-0.05, 0) is 24.3 Å². The van der Waals surface area contributed by atoms with Crippen LogP contribution in [-0.2, 0) is 9.59 Å². The molecule has 1 amide bonds. The summed E-state index contributed by atoms with van der Waals surface area (Å²) in [6.07, 6.45) is 2.62. The molecular weight excluding hydrogens is 364 g/mol. The molecule has 9 nitrogen and oxygen atoms in total. The van der Waals surface area contributed by atoms with Crippen molar-refractivity contribution in [2.45, 2.75) is 12.5 Å². The first kappa shape index (κ1) is 18.6. The van der Waals surface area contributed by atoms with Crippen molar-refractivity contribution in [1.29, 1.82) is 5.26 Å². The zero-order valence-corrected chi connectivity index (χ0v) is 14.4. The number of aliphatic carboxylic acids is 2. The van der Waals surface area contributed by atoms with Crippen molar-refractivity contribution in [2.24, 2.45) is 0 Å². The Kier molecular flexibility index (Phi) is 5.04. The van der Waals surface area contributed by atoms with E-state index in [0.717, 1.165) is 5.56 Å². The molecule has 28 heavy (non-hydrogen) atoms. The first-order valence-corrected chi connectivity index (χ1v) is 8.12. The molecule has 3 aromatic rings. The van der Waals surface area contributed by atoms with E-state index in [0.29, 0.717) is 16.9 Å². The van der Waals surface area contributed by atoms with Crippen molar-refractivity contribution in [3.8, 4) is 17.3 Å². The third kappa shape index (κ3) is 3.96. The molecule has 0 radical (unpaired) electrons. The number of pyridine rings is 1. The molecule has 1 atom stereocenters. The van der Waals surface area contributed by atoms with E-state index in [9.17, 15) is 14.4 Å². The Hall–Kier alpha value is -4.19. The minimum absolute atomic E-state index is 0.154. The maximum atomic E-state index is 12.3. The summed E-state index contributed by atoms with van der Waals surface area (Å²) in [5.74, 6) is -3.47. The number of nitriles is 1. The SMILES string of the molecule is N#Cc1ccc(-c2cn3ccc(C(=O)N[C@H](CC(=O)O)C(=O)O)cc3n2)cc1. The molecule has 0 bridgehead atoms. The molecule has 0 unspecified atom stereocenters. The molecule has 9 heteroatoms. The second kappa shape index (κ2) is 7.59. The van der Waals surface area contributed by atoms with Gasteiger partial charge in [-0.2, -0.15) is 5.26 Å². The molecule has 1 aromatic carbocycles. The van der Waals surface area contributed by atoms with E-state index in [1.165, 1.54) is 12.1 Å². The largest absolute Gasteiger partial charge is 0.481 e. The number of imidazole rings is 1. The highest BCUT2D eigenvalue weighted by Gasteiger charge is 2.23. The van der Waals surface area contributed by atoms with E-state index in [1.54, 1.807) is 41.1 Å². The van der Waals surface area contributed by atoms with Gasteiger partial charge in [0.1, 0.15) is 11.7 Å². The summed E-state index contributed by atoms with van der Waals surface area (Å²) in [6, 6.07) is 10.3. The molecule has 0 aliphatic rings. The second-order valence-corrected chi connectivity index (χ2v) is 5.96. The van der Waals surface area contributed by atoms with E-state index in [4.69, 9.17) is 15.5 Å². The number of carbonyl (C=O) groups excluding carboxylic acids is 1. The fourth-order valence-corrected chi connectivity index (χ4v) is 2.59. The predicted octanol–water partition coefficient (Wildman–Crippen LogP) is 1.53. The van der Waals surface area contributed by atoms with Crippen LogP contribution in [0.15, 0.2) is 48.8 Å². The highest BCUT2D eigenvalue weighted by atomic mass is 16.4. The Labute approximate surface area is 158 Å². The fraction of sp³-hybridized carbons (Fsp3) is 0.105. The Morgan fingerprint density at radius 3 is 2.50 bits per heavy atom. The van der Waals surface area contributed by atoms with E-state index in [1.807, 2.05) is 6.07 Å². The highest BCUT2D eigenvalue weighted by Crippen LogP contribution is 2.20. The number of carbonyl (C=O) groups is 3. The first-order valence-electron chi connectivity index (χ1n) is 8.12. The Balaban J connectivity index is 1.85. The topological polar surface area (TPSA) is 145 Å². The van der Waals surface area contributed by atoms with Crippen molar-refractivity contribution >= 4 is 23.5 Å². The fourth-order valence-electron chi connectivity index (χ4n) is 2.59. The number of benzene rings is 1. The number of rotatable bonds is 6. The van der Waals surface area contributed by atoms with Gasteiger partial charge in [0.2, 0.25) is 0 Å². The minimum atomic E-state index is -1.53. The molecular formula is C19H14N4O5. The highest BCUT2D eigenvalue weighted by molar-refractivity contribution is 5.98. The minimum Gasteiger partial charge on any atom is -0.481 e. The number of aromatic nitrogens is 2. The summed E-state index contributed by atoms with van der Waals surface area (Å²) in [4.78, 5) is 38.6. The zero-order chi connectivity index (χ0) is 20.3. The van der Waals surface area contributed by atoms with Crippen molar-refractivity contribution < 1.29 is 24.6 Å². The molecule has 3 rings (SSSR count). The van der Waals surface area contributed by atoms with Crippen LogP contribution in [0.25, 0.3) is 16.9 Å². The van der Waals surface area contributed by atoms with Crippen LogP contribution < -0.4 is 5.32 Å². The normalized spacial score (nSPS) is 11.5. The summed E-state index contributed by atoms with van der Waals surface area (Å²) < 4.78 is 1.69. The van der Waals surface area contributed by atoms with Crippen LogP contribution in [0.4, 0.5) is 0 Å². The van der Waals surface area contributed by atoms with Gasteiger partial charge in [0.05, 0.1) is 23.7 Å². The number of nitrogens with zero attached hydrogens (tertiary/aromatic N) is 3. The van der Waals surface area contributed by atoms with Gasteiger partial charge in [-0.25, -0.2) is 9.78 Å². The van der Waals surface area contributed by atoms with Crippen LogP contribution in [0.3, 0.4) is 0 Å². The lowest BCUT2D eigenvalue weighted by atomic mass is 10.1. The van der Waals surface area contributed by atoms with E-state index in [2.05, 4.69) is 10.3 Å². The summed E-state index contributed by atoms with van der Waals surface area (Å²) in [5.41, 5.74) is 2.57. The number of hydrogen-bond donors (Lipinski definition) is 3. The summed E-state index contributed by atoms with van der Waals surface area (Å²) in [5, 5.41) is 28.9. The van der Waals surface area contributed by atoms with Crippen LogP contribution >= 0.6 is 0 Å². The summed E-state index contributed by atoms with van der Waals surface area (Å²) in [7, 11) is 0. The molecule has 0 aliphatic carbocycles. The van der Waals surface area contributed by atoms with Crippen LogP contribution in [0.1, 0.15) is 22.3 Å². The number of hydrogen-bond acceptors (Lipinski definition) is 5. The summed E-state index contributed by atoms with van der Waals surface area (Å²) in [6.45, 7) is 0. The number of nitrogens with one attached hydrogen (secondary N) is 1. The molecule has 140 valence electrons. The standard InChI is InChI=1S/C19H14N4O5/c20-9-11-1-3-12(4-2-11)15-10-23-6-5-13(7-16(23)21-15)18(26)22-14(19(27)28)8-17(24)25/h1-7,10,14H,8H2,(H,22,26)(H,24,25)(H,27,28)/t14-/m1/s1. The van der Waals surface area contributed by atoms with Gasteiger partial charge in [-0.3, -0.25) is 9.59 Å². The van der Waals surface area contributed by atoms with Crippen molar-refractivity contribution in [3.63, 3.8) is 0 Å². The van der Waals surface area contributed by atoms with E-state index >= 15 is 0 Å². The molecule has 3 N–H and O–H groups in total. The molecule has 0 spiro atoms. The van der Waals surface area contributed by atoms with Crippen molar-refractivity contribution in [2.75, 3.05) is 0 Å². The van der Waals surface area contributed by atoms with Crippen LogP contribution in [0.5, 0.6) is 0 Å². The third-order valence-electron chi connectivity index (χ3n) is 4.01. The van der Waals surface area contributed by atoms with Gasteiger partial charge in [-0.1, -0.05) is 12.1 Å². The van der Waals surface area contributed by atoms with Crippen LogP contribution in [-0.4, -0.2) is 43.5 Å². The maximum Gasteiger partial charge on any atom is 0.326 e. The van der Waals surface area contributed by atoms with Gasteiger partial charge in [0.25, 0.3) is 5.91 Å². The van der Waals surface area contributed by atoms with Gasteiger partial charge in [0.15, 0.2) is 0 Å². The smallest absolute Gasteiger partial charge is 0.326 e. The average Bonchev–Trinajstić information content (AvgIpc) is 3.10. The molecule has 0 saturated heterocycles. The molecule has 2 aromatic heterocycles. The predicted molar refractivity (Wildman–Crippen MR) is 96.5 cm³/mol. The Bertz CT molecular complexity index is 1110. The van der Waals surface area contributed by atoms with Crippen LogP contribution in [0.2, 0.25) is 0 Å². The van der Waals surface area contributed by atoms with Gasteiger partial charge in [0, 0.05) is 23.5 Å². The van der Waals surface area contributed by atoms with E-state index in [-0.39, 0.29) is 5.56 Å². The van der Waals surface area contributed by atoms with Crippen molar-refractivity contribution in [3.05, 3.63) is 59.9 Å². The average molecular weight is 378 g/mol. The number of carboxylic acids is 2. The third-order valence-corrected chi connectivity index (χ3v) is 4.01. The van der Waals surface area contributed by atoms with Crippen LogP contribution in [0, 0.1) is 11.3 Å². The monoisotopic (exact) mass is 378 g/mol. The zero-order valence-electron chi connectivity index (χ0n) is 14.4.